The molecule has 3 rings (SSSR count). The van der Waals surface area contributed by atoms with Gasteiger partial charge in [0.15, 0.2) is 0 Å². The third-order valence-corrected chi connectivity index (χ3v) is 4.89. The summed E-state index contributed by atoms with van der Waals surface area (Å²) >= 11 is 0. The molecule has 2 aromatic rings. The molecule has 0 spiro atoms. The van der Waals surface area contributed by atoms with Crippen LogP contribution in [0.3, 0.4) is 0 Å². The van der Waals surface area contributed by atoms with Crippen LogP contribution >= 0.6 is 0 Å². The molecule has 1 amide bonds. The number of nitrogens with zero attached hydrogens (tertiary/aromatic N) is 3. The molecule has 0 radical (unpaired) electrons. The minimum atomic E-state index is -0.108. The van der Waals surface area contributed by atoms with Crippen molar-refractivity contribution >= 4 is 11.6 Å². The Bertz CT molecular complexity index is 788. The Kier molecular flexibility index (Phi) is 6.04. The summed E-state index contributed by atoms with van der Waals surface area (Å²) in [6.45, 7) is 2.36. The lowest BCUT2D eigenvalue weighted by Gasteiger charge is -2.33. The van der Waals surface area contributed by atoms with E-state index in [2.05, 4.69) is 27.4 Å². The van der Waals surface area contributed by atoms with Gasteiger partial charge in [0.25, 0.3) is 5.56 Å². The van der Waals surface area contributed by atoms with Crippen molar-refractivity contribution in [3.63, 3.8) is 0 Å². The SMILES string of the molecule is Cn1ncc(N2CCCC(CC(=O)NCCc3ccccc3)C2)cc1=O. The van der Waals surface area contributed by atoms with Gasteiger partial charge in [0.2, 0.25) is 5.91 Å². The summed E-state index contributed by atoms with van der Waals surface area (Å²) in [5.41, 5.74) is 1.97. The number of carbonyl (C=O) groups excluding carboxylic acids is 1. The number of carbonyl (C=O) groups is 1. The van der Waals surface area contributed by atoms with Crippen LogP contribution in [0, 0.1) is 5.92 Å². The van der Waals surface area contributed by atoms with E-state index in [9.17, 15) is 9.59 Å². The van der Waals surface area contributed by atoms with Crippen molar-refractivity contribution in [3.8, 4) is 0 Å². The molecular formula is C20H26N4O2. The second-order valence-electron chi connectivity index (χ2n) is 6.92. The van der Waals surface area contributed by atoms with Crippen molar-refractivity contribution in [1.82, 2.24) is 15.1 Å². The maximum Gasteiger partial charge on any atom is 0.268 e. The third-order valence-electron chi connectivity index (χ3n) is 4.89. The van der Waals surface area contributed by atoms with Gasteiger partial charge < -0.3 is 10.2 Å². The van der Waals surface area contributed by atoms with Crippen LogP contribution in [-0.4, -0.2) is 35.3 Å². The number of amides is 1. The first kappa shape index (κ1) is 18.2. The summed E-state index contributed by atoms with van der Waals surface area (Å²) in [7, 11) is 1.64. The van der Waals surface area contributed by atoms with Gasteiger partial charge in [0.1, 0.15) is 0 Å². The van der Waals surface area contributed by atoms with Gasteiger partial charge in [0, 0.05) is 39.2 Å². The van der Waals surface area contributed by atoms with Crippen LogP contribution in [0.25, 0.3) is 0 Å². The molecule has 1 aromatic carbocycles. The van der Waals surface area contributed by atoms with Crippen LogP contribution in [0.5, 0.6) is 0 Å². The zero-order chi connectivity index (χ0) is 18.4. The van der Waals surface area contributed by atoms with E-state index in [0.717, 1.165) is 38.0 Å². The Morgan fingerprint density at radius 1 is 1.31 bits per heavy atom. The predicted molar refractivity (Wildman–Crippen MR) is 102 cm³/mol. The van der Waals surface area contributed by atoms with Gasteiger partial charge in [-0.15, -0.1) is 0 Å². The molecule has 1 fully saturated rings. The second kappa shape index (κ2) is 8.65. The van der Waals surface area contributed by atoms with Crippen LogP contribution in [0.2, 0.25) is 0 Å². The molecule has 138 valence electrons. The van der Waals surface area contributed by atoms with E-state index in [1.54, 1.807) is 19.3 Å². The van der Waals surface area contributed by atoms with Crippen molar-refractivity contribution in [2.75, 3.05) is 24.5 Å². The number of hydrogen-bond acceptors (Lipinski definition) is 4. The van der Waals surface area contributed by atoms with E-state index < -0.39 is 0 Å². The maximum atomic E-state index is 12.2. The lowest BCUT2D eigenvalue weighted by molar-refractivity contribution is -0.122. The Labute approximate surface area is 153 Å². The summed E-state index contributed by atoms with van der Waals surface area (Å²) in [5, 5.41) is 7.12. The van der Waals surface area contributed by atoms with Gasteiger partial charge in [-0.1, -0.05) is 30.3 Å². The Balaban J connectivity index is 1.47. The normalized spacial score (nSPS) is 17.1. The Morgan fingerprint density at radius 2 is 2.12 bits per heavy atom. The van der Waals surface area contributed by atoms with Crippen molar-refractivity contribution < 1.29 is 4.79 Å². The van der Waals surface area contributed by atoms with E-state index in [-0.39, 0.29) is 11.5 Å². The van der Waals surface area contributed by atoms with E-state index in [4.69, 9.17) is 0 Å². The average molecular weight is 354 g/mol. The first-order valence-electron chi connectivity index (χ1n) is 9.21. The molecule has 2 heterocycles. The van der Waals surface area contributed by atoms with E-state index in [1.165, 1.54) is 10.2 Å². The molecule has 1 unspecified atom stereocenters. The molecule has 1 aliphatic rings. The van der Waals surface area contributed by atoms with Gasteiger partial charge in [-0.25, -0.2) is 4.68 Å². The molecule has 1 aliphatic heterocycles. The largest absolute Gasteiger partial charge is 0.370 e. The molecule has 1 N–H and O–H groups in total. The number of nitrogens with one attached hydrogen (secondary N) is 1. The molecule has 1 atom stereocenters. The zero-order valence-electron chi connectivity index (χ0n) is 15.2. The number of rotatable bonds is 6. The van der Waals surface area contributed by atoms with Crippen molar-refractivity contribution in [1.29, 1.82) is 0 Å². The van der Waals surface area contributed by atoms with Crippen LogP contribution in [0.15, 0.2) is 47.4 Å². The van der Waals surface area contributed by atoms with E-state index in [0.29, 0.717) is 18.9 Å². The Hall–Kier alpha value is -2.63. The van der Waals surface area contributed by atoms with Crippen LogP contribution in [0.1, 0.15) is 24.8 Å². The van der Waals surface area contributed by atoms with Gasteiger partial charge in [-0.2, -0.15) is 5.10 Å². The molecule has 1 aromatic heterocycles. The van der Waals surface area contributed by atoms with E-state index >= 15 is 0 Å². The molecule has 26 heavy (non-hydrogen) atoms. The average Bonchev–Trinajstić information content (AvgIpc) is 2.65. The first-order chi connectivity index (χ1) is 12.6. The summed E-state index contributed by atoms with van der Waals surface area (Å²) in [6, 6.07) is 11.8. The lowest BCUT2D eigenvalue weighted by atomic mass is 9.94. The minimum absolute atomic E-state index is 0.106. The number of piperidine rings is 1. The number of anilines is 1. The van der Waals surface area contributed by atoms with Crippen LogP contribution in [0.4, 0.5) is 5.69 Å². The summed E-state index contributed by atoms with van der Waals surface area (Å²) < 4.78 is 1.32. The molecule has 0 saturated carbocycles. The molecular weight excluding hydrogens is 328 g/mol. The molecule has 6 nitrogen and oxygen atoms in total. The maximum absolute atomic E-state index is 12.2. The van der Waals surface area contributed by atoms with Gasteiger partial charge in [-0.05, 0) is 30.7 Å². The summed E-state index contributed by atoms with van der Waals surface area (Å²) in [4.78, 5) is 26.2. The van der Waals surface area contributed by atoms with Crippen LogP contribution in [-0.2, 0) is 18.3 Å². The van der Waals surface area contributed by atoms with Crippen molar-refractivity contribution in [3.05, 3.63) is 58.5 Å². The van der Waals surface area contributed by atoms with Crippen molar-refractivity contribution in [2.45, 2.75) is 25.7 Å². The van der Waals surface area contributed by atoms with Gasteiger partial charge in [-0.3, -0.25) is 9.59 Å². The quantitative estimate of drug-likeness (QED) is 0.858. The highest BCUT2D eigenvalue weighted by Crippen LogP contribution is 2.23. The summed E-state index contributed by atoms with van der Waals surface area (Å²) in [6.07, 6.45) is 5.17. The van der Waals surface area contributed by atoms with E-state index in [1.807, 2.05) is 18.2 Å². The van der Waals surface area contributed by atoms with Gasteiger partial charge >= 0.3 is 0 Å². The number of benzene rings is 1. The molecule has 0 bridgehead atoms. The van der Waals surface area contributed by atoms with Crippen LogP contribution < -0.4 is 15.8 Å². The third kappa shape index (κ3) is 4.94. The molecule has 0 aliphatic carbocycles. The first-order valence-corrected chi connectivity index (χ1v) is 9.21. The zero-order valence-corrected chi connectivity index (χ0v) is 15.2. The number of hydrogen-bond donors (Lipinski definition) is 1. The molecule has 1 saturated heterocycles. The fourth-order valence-corrected chi connectivity index (χ4v) is 3.42. The predicted octanol–water partition coefficient (Wildman–Crippen LogP) is 1.75. The highest BCUT2D eigenvalue weighted by Gasteiger charge is 2.23. The monoisotopic (exact) mass is 354 g/mol. The summed E-state index contributed by atoms with van der Waals surface area (Å²) in [5.74, 6) is 0.416. The Morgan fingerprint density at radius 3 is 2.88 bits per heavy atom. The number of aryl methyl sites for hydroxylation is 1. The number of aromatic nitrogens is 2. The lowest BCUT2D eigenvalue weighted by Crippen LogP contribution is -2.39. The standard InChI is InChI=1S/C20H26N4O2/c1-23-20(26)13-18(14-22-23)24-11-5-8-17(15-24)12-19(25)21-10-9-16-6-3-2-4-7-16/h2-4,6-7,13-14,17H,5,8-12,15H2,1H3,(H,21,25). The minimum Gasteiger partial charge on any atom is -0.370 e. The highest BCUT2D eigenvalue weighted by atomic mass is 16.1. The topological polar surface area (TPSA) is 67.2 Å². The smallest absolute Gasteiger partial charge is 0.268 e. The van der Waals surface area contributed by atoms with Crippen molar-refractivity contribution in [2.24, 2.45) is 13.0 Å². The van der Waals surface area contributed by atoms with Gasteiger partial charge in [0.05, 0.1) is 11.9 Å². The highest BCUT2D eigenvalue weighted by molar-refractivity contribution is 5.76. The molecule has 6 heteroatoms. The fourth-order valence-electron chi connectivity index (χ4n) is 3.42. The second-order valence-corrected chi connectivity index (χ2v) is 6.92. The fraction of sp³-hybridized carbons (Fsp3) is 0.450.